The SMILES string of the molecule is CN(C(=O)c1cc2c(F)cccc2s1)C(C)(C)CO. The molecule has 0 unspecified atom stereocenters. The highest BCUT2D eigenvalue weighted by atomic mass is 32.1. The summed E-state index contributed by atoms with van der Waals surface area (Å²) in [5.74, 6) is -0.531. The molecule has 0 aliphatic heterocycles. The van der Waals surface area contributed by atoms with Crippen LogP contribution >= 0.6 is 11.3 Å². The van der Waals surface area contributed by atoms with E-state index in [0.29, 0.717) is 10.3 Å². The number of aliphatic hydroxyl groups excluding tert-OH is 1. The first-order valence-electron chi connectivity index (χ1n) is 5.94. The Labute approximate surface area is 115 Å². The Kier molecular flexibility index (Phi) is 3.60. The van der Waals surface area contributed by atoms with E-state index in [0.717, 1.165) is 4.70 Å². The number of hydrogen-bond acceptors (Lipinski definition) is 3. The van der Waals surface area contributed by atoms with E-state index in [1.165, 1.54) is 22.3 Å². The molecule has 1 heterocycles. The lowest BCUT2D eigenvalue weighted by Crippen LogP contribution is -2.47. The van der Waals surface area contributed by atoms with Crippen LogP contribution in [0.4, 0.5) is 4.39 Å². The Morgan fingerprint density at radius 1 is 1.47 bits per heavy atom. The number of thiophene rings is 1. The summed E-state index contributed by atoms with van der Waals surface area (Å²) in [5, 5.41) is 9.76. The summed E-state index contributed by atoms with van der Waals surface area (Å²) in [6.07, 6.45) is 0. The molecule has 1 N–H and O–H groups in total. The molecule has 1 aromatic heterocycles. The number of nitrogens with zero attached hydrogens (tertiary/aromatic N) is 1. The third-order valence-corrected chi connectivity index (χ3v) is 4.41. The second kappa shape index (κ2) is 4.90. The van der Waals surface area contributed by atoms with Gasteiger partial charge in [0.15, 0.2) is 0 Å². The first kappa shape index (κ1) is 14.0. The number of fused-ring (bicyclic) bond motifs is 1. The van der Waals surface area contributed by atoms with Gasteiger partial charge in [-0.3, -0.25) is 4.79 Å². The Hall–Kier alpha value is -1.46. The number of hydrogen-bond donors (Lipinski definition) is 1. The maximum absolute atomic E-state index is 13.6. The minimum atomic E-state index is -0.647. The first-order chi connectivity index (χ1) is 8.86. The van der Waals surface area contributed by atoms with Crippen LogP contribution in [0.2, 0.25) is 0 Å². The number of amides is 1. The fourth-order valence-corrected chi connectivity index (χ4v) is 2.73. The second-order valence-corrected chi connectivity index (χ2v) is 6.18. The molecule has 0 saturated carbocycles. The molecule has 0 saturated heterocycles. The van der Waals surface area contributed by atoms with Gasteiger partial charge in [-0.2, -0.15) is 0 Å². The largest absolute Gasteiger partial charge is 0.394 e. The molecule has 0 atom stereocenters. The van der Waals surface area contributed by atoms with E-state index in [4.69, 9.17) is 0 Å². The van der Waals surface area contributed by atoms with E-state index in [9.17, 15) is 14.3 Å². The number of carbonyl (C=O) groups is 1. The molecule has 3 nitrogen and oxygen atoms in total. The zero-order valence-electron chi connectivity index (χ0n) is 11.1. The molecule has 1 amide bonds. The van der Waals surface area contributed by atoms with Crippen molar-refractivity contribution in [1.29, 1.82) is 0 Å². The van der Waals surface area contributed by atoms with Crippen LogP contribution < -0.4 is 0 Å². The van der Waals surface area contributed by atoms with Crippen LogP contribution in [0.3, 0.4) is 0 Å². The molecule has 0 fully saturated rings. The predicted octanol–water partition coefficient (Wildman–Crippen LogP) is 2.88. The maximum atomic E-state index is 13.6. The lowest BCUT2D eigenvalue weighted by Gasteiger charge is -2.33. The molecule has 2 aromatic rings. The fraction of sp³-hybridized carbons (Fsp3) is 0.357. The molecule has 0 spiro atoms. The molecule has 1 aromatic carbocycles. The van der Waals surface area contributed by atoms with Gasteiger partial charge in [-0.05, 0) is 32.0 Å². The van der Waals surface area contributed by atoms with Gasteiger partial charge >= 0.3 is 0 Å². The van der Waals surface area contributed by atoms with Crippen LogP contribution in [0.15, 0.2) is 24.3 Å². The van der Waals surface area contributed by atoms with Crippen LogP contribution in [0.5, 0.6) is 0 Å². The van der Waals surface area contributed by atoms with E-state index in [-0.39, 0.29) is 18.3 Å². The van der Waals surface area contributed by atoms with Crippen molar-refractivity contribution >= 4 is 27.3 Å². The van der Waals surface area contributed by atoms with Gasteiger partial charge in [-0.25, -0.2) is 4.39 Å². The Bertz CT molecular complexity index is 621. The van der Waals surface area contributed by atoms with Crippen LogP contribution in [-0.2, 0) is 0 Å². The Balaban J connectivity index is 2.40. The summed E-state index contributed by atoms with van der Waals surface area (Å²) >= 11 is 1.26. The van der Waals surface area contributed by atoms with Gasteiger partial charge < -0.3 is 10.0 Å². The van der Waals surface area contributed by atoms with Gasteiger partial charge in [-0.1, -0.05) is 6.07 Å². The maximum Gasteiger partial charge on any atom is 0.264 e. The molecule has 5 heteroatoms. The highest BCUT2D eigenvalue weighted by molar-refractivity contribution is 7.20. The summed E-state index contributed by atoms with van der Waals surface area (Å²) < 4.78 is 14.4. The van der Waals surface area contributed by atoms with E-state index in [1.807, 2.05) is 0 Å². The van der Waals surface area contributed by atoms with E-state index in [1.54, 1.807) is 39.1 Å². The van der Waals surface area contributed by atoms with Crippen molar-refractivity contribution in [1.82, 2.24) is 4.90 Å². The second-order valence-electron chi connectivity index (χ2n) is 5.10. The first-order valence-corrected chi connectivity index (χ1v) is 6.75. The molecule has 2 rings (SSSR count). The zero-order valence-corrected chi connectivity index (χ0v) is 11.9. The number of benzene rings is 1. The number of likely N-dealkylation sites (N-methyl/N-ethyl adjacent to an activating group) is 1. The highest BCUT2D eigenvalue weighted by Gasteiger charge is 2.28. The van der Waals surface area contributed by atoms with Crippen molar-refractivity contribution in [3.8, 4) is 0 Å². The monoisotopic (exact) mass is 281 g/mol. The number of aliphatic hydroxyl groups is 1. The zero-order chi connectivity index (χ0) is 14.2. The normalized spacial score (nSPS) is 11.8. The molecular weight excluding hydrogens is 265 g/mol. The van der Waals surface area contributed by atoms with Gasteiger partial charge in [0, 0.05) is 17.1 Å². The predicted molar refractivity (Wildman–Crippen MR) is 75.0 cm³/mol. The van der Waals surface area contributed by atoms with Crippen molar-refractivity contribution in [2.24, 2.45) is 0 Å². The number of rotatable bonds is 3. The van der Waals surface area contributed by atoms with Crippen LogP contribution in [0.1, 0.15) is 23.5 Å². The van der Waals surface area contributed by atoms with Crippen molar-refractivity contribution in [3.05, 3.63) is 35.0 Å². The van der Waals surface area contributed by atoms with E-state index >= 15 is 0 Å². The van der Waals surface area contributed by atoms with Gasteiger partial charge in [0.05, 0.1) is 17.0 Å². The van der Waals surface area contributed by atoms with E-state index < -0.39 is 5.54 Å². The minimum Gasteiger partial charge on any atom is -0.394 e. The third-order valence-electron chi connectivity index (χ3n) is 3.32. The summed E-state index contributed by atoms with van der Waals surface area (Å²) in [7, 11) is 1.64. The lowest BCUT2D eigenvalue weighted by atomic mass is 10.1. The molecular formula is C14H16FNO2S. The van der Waals surface area contributed by atoms with Gasteiger partial charge in [0.25, 0.3) is 5.91 Å². The molecule has 0 aliphatic rings. The van der Waals surface area contributed by atoms with Crippen LogP contribution in [-0.4, -0.2) is 35.1 Å². The fourth-order valence-electron chi connectivity index (χ4n) is 1.68. The molecule has 0 radical (unpaired) electrons. The summed E-state index contributed by atoms with van der Waals surface area (Å²) in [5.41, 5.74) is -0.647. The highest BCUT2D eigenvalue weighted by Crippen LogP contribution is 2.29. The summed E-state index contributed by atoms with van der Waals surface area (Å²) in [4.78, 5) is 14.3. The Morgan fingerprint density at radius 3 is 2.74 bits per heavy atom. The molecule has 0 bridgehead atoms. The van der Waals surface area contributed by atoms with Gasteiger partial charge in [0.2, 0.25) is 0 Å². The Morgan fingerprint density at radius 2 is 2.16 bits per heavy atom. The van der Waals surface area contributed by atoms with Crippen molar-refractivity contribution < 1.29 is 14.3 Å². The standard InChI is InChI=1S/C14H16FNO2S/c1-14(2,8-17)16(3)13(18)12-7-9-10(15)5-4-6-11(9)19-12/h4-7,17H,8H2,1-3H3. The van der Waals surface area contributed by atoms with Crippen molar-refractivity contribution in [2.45, 2.75) is 19.4 Å². The van der Waals surface area contributed by atoms with Crippen molar-refractivity contribution in [3.63, 3.8) is 0 Å². The van der Waals surface area contributed by atoms with Crippen LogP contribution in [0.25, 0.3) is 10.1 Å². The quantitative estimate of drug-likeness (QED) is 0.939. The van der Waals surface area contributed by atoms with Gasteiger partial charge in [-0.15, -0.1) is 11.3 Å². The topological polar surface area (TPSA) is 40.5 Å². The molecule has 0 aliphatic carbocycles. The smallest absolute Gasteiger partial charge is 0.264 e. The van der Waals surface area contributed by atoms with Crippen LogP contribution in [0, 0.1) is 5.82 Å². The number of halogens is 1. The summed E-state index contributed by atoms with van der Waals surface area (Å²) in [6.45, 7) is 3.42. The van der Waals surface area contributed by atoms with Crippen molar-refractivity contribution in [2.75, 3.05) is 13.7 Å². The average Bonchev–Trinajstić information content (AvgIpc) is 2.82. The molecule has 102 valence electrons. The third kappa shape index (κ3) is 2.48. The number of carbonyl (C=O) groups excluding carboxylic acids is 1. The molecule has 19 heavy (non-hydrogen) atoms. The summed E-state index contributed by atoms with van der Waals surface area (Å²) in [6, 6.07) is 6.37. The average molecular weight is 281 g/mol. The minimum absolute atomic E-state index is 0.130. The van der Waals surface area contributed by atoms with Gasteiger partial charge in [0.1, 0.15) is 5.82 Å². The van der Waals surface area contributed by atoms with E-state index in [2.05, 4.69) is 0 Å². The lowest BCUT2D eigenvalue weighted by molar-refractivity contribution is 0.0478.